The second kappa shape index (κ2) is 7.41. The highest BCUT2D eigenvalue weighted by molar-refractivity contribution is 6.32. The van der Waals surface area contributed by atoms with E-state index in [1.807, 2.05) is 30.3 Å². The van der Waals surface area contributed by atoms with Crippen LogP contribution in [0.5, 0.6) is 0 Å². The van der Waals surface area contributed by atoms with Gasteiger partial charge in [0, 0.05) is 11.9 Å². The molecular weight excluding hydrogens is 313 g/mol. The molecule has 0 saturated carbocycles. The Labute approximate surface area is 132 Å². The highest BCUT2D eigenvalue weighted by Gasteiger charge is 2.20. The normalized spacial score (nSPS) is 12.1. The summed E-state index contributed by atoms with van der Waals surface area (Å²) in [6.45, 7) is 0.345. The van der Waals surface area contributed by atoms with E-state index in [9.17, 15) is 10.1 Å². The van der Waals surface area contributed by atoms with Crippen molar-refractivity contribution in [3.8, 4) is 0 Å². The van der Waals surface area contributed by atoms with Crippen LogP contribution in [0.1, 0.15) is 17.2 Å². The van der Waals surface area contributed by atoms with Crippen molar-refractivity contribution in [2.45, 2.75) is 6.10 Å². The Hall–Kier alpha value is -1.62. The summed E-state index contributed by atoms with van der Waals surface area (Å²) < 4.78 is 5.74. The predicted molar refractivity (Wildman–Crippen MR) is 83.1 cm³/mol. The minimum atomic E-state index is -0.505. The van der Waals surface area contributed by atoms with Crippen LogP contribution in [0.25, 0.3) is 0 Å². The fourth-order valence-corrected chi connectivity index (χ4v) is 2.28. The summed E-state index contributed by atoms with van der Waals surface area (Å²) in [5, 5.41) is 11.1. The van der Waals surface area contributed by atoms with Crippen molar-refractivity contribution in [1.29, 1.82) is 0 Å². The number of nitro benzene ring substituents is 1. The SMILES string of the molecule is O=[N+]([O-])c1cc(C(OCCCl)c2ccccc2)ccc1Cl. The third-order valence-corrected chi connectivity index (χ3v) is 3.41. The van der Waals surface area contributed by atoms with Gasteiger partial charge in [0.25, 0.3) is 5.69 Å². The highest BCUT2D eigenvalue weighted by atomic mass is 35.5. The molecule has 4 nitrogen and oxygen atoms in total. The maximum atomic E-state index is 11.0. The van der Waals surface area contributed by atoms with Crippen molar-refractivity contribution in [2.24, 2.45) is 0 Å². The quantitative estimate of drug-likeness (QED) is 0.443. The van der Waals surface area contributed by atoms with E-state index in [4.69, 9.17) is 27.9 Å². The van der Waals surface area contributed by atoms with E-state index in [2.05, 4.69) is 0 Å². The number of hydrogen-bond donors (Lipinski definition) is 0. The van der Waals surface area contributed by atoms with Crippen molar-refractivity contribution in [1.82, 2.24) is 0 Å². The molecule has 1 unspecified atom stereocenters. The molecule has 110 valence electrons. The molecule has 0 radical (unpaired) electrons. The predicted octanol–water partition coefficient (Wildman–Crippen LogP) is 4.59. The van der Waals surface area contributed by atoms with Crippen LogP contribution < -0.4 is 0 Å². The number of ether oxygens (including phenoxy) is 1. The van der Waals surface area contributed by atoms with Gasteiger partial charge in [0.2, 0.25) is 0 Å². The van der Waals surface area contributed by atoms with E-state index in [1.54, 1.807) is 6.07 Å². The molecular formula is C15H13Cl2NO3. The molecule has 0 aromatic heterocycles. The maximum absolute atomic E-state index is 11.0. The van der Waals surface area contributed by atoms with Crippen LogP contribution in [0.2, 0.25) is 5.02 Å². The van der Waals surface area contributed by atoms with Crippen LogP contribution in [0.3, 0.4) is 0 Å². The fraction of sp³-hybridized carbons (Fsp3) is 0.200. The molecule has 0 spiro atoms. The first-order valence-corrected chi connectivity index (χ1v) is 7.21. The molecule has 0 heterocycles. The first kappa shape index (κ1) is 15.8. The minimum absolute atomic E-state index is 0.105. The van der Waals surface area contributed by atoms with Gasteiger partial charge >= 0.3 is 0 Å². The number of nitro groups is 1. The summed E-state index contributed by atoms with van der Waals surface area (Å²) in [5.41, 5.74) is 1.44. The summed E-state index contributed by atoms with van der Waals surface area (Å²) in [5.74, 6) is 0.346. The summed E-state index contributed by atoms with van der Waals surface area (Å²) >= 11 is 11.5. The number of nitrogens with zero attached hydrogens (tertiary/aromatic N) is 1. The van der Waals surface area contributed by atoms with Crippen LogP contribution in [0.4, 0.5) is 5.69 Å². The van der Waals surface area contributed by atoms with Gasteiger partial charge in [-0.3, -0.25) is 10.1 Å². The molecule has 2 aromatic rings. The van der Waals surface area contributed by atoms with Gasteiger partial charge in [-0.05, 0) is 17.2 Å². The lowest BCUT2D eigenvalue weighted by Crippen LogP contribution is -2.08. The Balaban J connectivity index is 2.41. The number of benzene rings is 2. The van der Waals surface area contributed by atoms with Crippen LogP contribution in [-0.4, -0.2) is 17.4 Å². The molecule has 1 atom stereocenters. The van der Waals surface area contributed by atoms with Gasteiger partial charge in [-0.2, -0.15) is 0 Å². The second-order valence-corrected chi connectivity index (χ2v) is 5.10. The van der Waals surface area contributed by atoms with Gasteiger partial charge in [0.05, 0.1) is 11.5 Å². The molecule has 0 fully saturated rings. The third kappa shape index (κ3) is 3.94. The molecule has 0 bridgehead atoms. The highest BCUT2D eigenvalue weighted by Crippen LogP contribution is 2.32. The van der Waals surface area contributed by atoms with Crippen LogP contribution >= 0.6 is 23.2 Å². The van der Waals surface area contributed by atoms with Crippen molar-refractivity contribution in [3.63, 3.8) is 0 Å². The van der Waals surface area contributed by atoms with Gasteiger partial charge in [-0.1, -0.05) is 48.0 Å². The molecule has 21 heavy (non-hydrogen) atoms. The first-order valence-electron chi connectivity index (χ1n) is 6.30. The topological polar surface area (TPSA) is 52.4 Å². The molecule has 0 N–H and O–H groups in total. The van der Waals surface area contributed by atoms with Gasteiger partial charge in [-0.15, -0.1) is 11.6 Å². The summed E-state index contributed by atoms with van der Waals surface area (Å²) in [6.07, 6.45) is -0.416. The molecule has 2 rings (SSSR count). The molecule has 0 amide bonds. The van der Waals surface area contributed by atoms with E-state index in [-0.39, 0.29) is 10.7 Å². The summed E-state index contributed by atoms with van der Waals surface area (Å²) in [4.78, 5) is 10.5. The van der Waals surface area contributed by atoms with Gasteiger partial charge in [-0.25, -0.2) is 0 Å². The zero-order chi connectivity index (χ0) is 15.2. The van der Waals surface area contributed by atoms with E-state index < -0.39 is 11.0 Å². The Bertz CT molecular complexity index is 620. The maximum Gasteiger partial charge on any atom is 0.288 e. The van der Waals surface area contributed by atoms with Crippen molar-refractivity contribution >= 4 is 28.9 Å². The number of alkyl halides is 1. The van der Waals surface area contributed by atoms with Gasteiger partial charge < -0.3 is 4.74 Å². The summed E-state index contributed by atoms with van der Waals surface area (Å²) in [7, 11) is 0. The standard InChI is InChI=1S/C15H13Cl2NO3/c16-8-9-21-15(11-4-2-1-3-5-11)12-6-7-13(17)14(10-12)18(19)20/h1-7,10,15H,8-9H2. The summed E-state index contributed by atoms with van der Waals surface area (Å²) in [6, 6.07) is 14.1. The average Bonchev–Trinajstić information content (AvgIpc) is 2.50. The molecule has 0 aliphatic heterocycles. The number of hydrogen-bond acceptors (Lipinski definition) is 3. The Morgan fingerprint density at radius 3 is 2.48 bits per heavy atom. The molecule has 6 heteroatoms. The first-order chi connectivity index (χ1) is 10.1. The second-order valence-electron chi connectivity index (χ2n) is 4.32. The lowest BCUT2D eigenvalue weighted by molar-refractivity contribution is -0.384. The lowest BCUT2D eigenvalue weighted by Gasteiger charge is -2.18. The van der Waals surface area contributed by atoms with Crippen molar-refractivity contribution in [2.75, 3.05) is 12.5 Å². The average molecular weight is 326 g/mol. The van der Waals surface area contributed by atoms with E-state index in [0.29, 0.717) is 18.1 Å². The zero-order valence-electron chi connectivity index (χ0n) is 11.0. The van der Waals surface area contributed by atoms with Crippen LogP contribution in [-0.2, 0) is 4.74 Å². The third-order valence-electron chi connectivity index (χ3n) is 2.93. The Morgan fingerprint density at radius 2 is 1.86 bits per heavy atom. The number of rotatable bonds is 6. The van der Waals surface area contributed by atoms with Crippen molar-refractivity contribution in [3.05, 3.63) is 74.8 Å². The fourth-order valence-electron chi connectivity index (χ4n) is 2.01. The van der Waals surface area contributed by atoms with E-state index in [0.717, 1.165) is 5.56 Å². The van der Waals surface area contributed by atoms with Crippen molar-refractivity contribution < 1.29 is 9.66 Å². The molecule has 2 aromatic carbocycles. The van der Waals surface area contributed by atoms with E-state index >= 15 is 0 Å². The number of halogens is 2. The van der Waals surface area contributed by atoms with Gasteiger partial charge in [0.1, 0.15) is 11.1 Å². The van der Waals surface area contributed by atoms with E-state index in [1.165, 1.54) is 12.1 Å². The molecule has 0 aliphatic rings. The smallest absolute Gasteiger partial charge is 0.288 e. The monoisotopic (exact) mass is 325 g/mol. The lowest BCUT2D eigenvalue weighted by atomic mass is 10.0. The minimum Gasteiger partial charge on any atom is -0.368 e. The van der Waals surface area contributed by atoms with Crippen LogP contribution in [0, 0.1) is 10.1 Å². The zero-order valence-corrected chi connectivity index (χ0v) is 12.6. The largest absolute Gasteiger partial charge is 0.368 e. The Kier molecular flexibility index (Phi) is 5.56. The van der Waals surface area contributed by atoms with Gasteiger partial charge in [0.15, 0.2) is 0 Å². The molecule has 0 aliphatic carbocycles. The Morgan fingerprint density at radius 1 is 1.14 bits per heavy atom. The van der Waals surface area contributed by atoms with Crippen LogP contribution in [0.15, 0.2) is 48.5 Å². The molecule has 0 saturated heterocycles.